The van der Waals surface area contributed by atoms with Gasteiger partial charge in [-0.1, -0.05) is 0 Å². The molecule has 1 aromatic rings. The van der Waals surface area contributed by atoms with Crippen molar-refractivity contribution in [1.82, 2.24) is 0 Å². The van der Waals surface area contributed by atoms with Crippen LogP contribution >= 0.6 is 22.6 Å². The summed E-state index contributed by atoms with van der Waals surface area (Å²) < 4.78 is 20.0. The molecule has 1 aliphatic rings. The van der Waals surface area contributed by atoms with Crippen LogP contribution in [-0.2, 0) is 4.74 Å². The Hall–Kier alpha value is -0.200. The van der Waals surface area contributed by atoms with Crippen molar-refractivity contribution in [3.8, 4) is 0 Å². The third kappa shape index (κ3) is 2.68. The molecule has 0 aliphatic carbocycles. The van der Waals surface area contributed by atoms with Gasteiger partial charge in [0.1, 0.15) is 5.82 Å². The van der Waals surface area contributed by atoms with Crippen molar-refractivity contribution in [3.63, 3.8) is 0 Å². The molecule has 0 bridgehead atoms. The van der Waals surface area contributed by atoms with E-state index in [-0.39, 0.29) is 18.0 Å². The highest BCUT2D eigenvalue weighted by Crippen LogP contribution is 2.30. The van der Waals surface area contributed by atoms with E-state index in [0.717, 1.165) is 3.57 Å². The quantitative estimate of drug-likeness (QED) is 0.806. The average Bonchev–Trinajstić information content (AvgIpc) is 2.22. The molecule has 0 amide bonds. The fourth-order valence-electron chi connectivity index (χ4n) is 1.76. The molecule has 0 radical (unpaired) electrons. The molecule has 2 rings (SSSR count). The minimum absolute atomic E-state index is 0.255. The van der Waals surface area contributed by atoms with Crippen molar-refractivity contribution in [2.75, 3.05) is 6.61 Å². The average molecular weight is 322 g/mol. The number of hydrogen-bond donors (Lipinski definition) is 1. The number of aliphatic hydroxyl groups is 1. The van der Waals surface area contributed by atoms with Gasteiger partial charge in [0, 0.05) is 22.2 Å². The minimum atomic E-state index is -0.374. The normalized spacial score (nSPS) is 26.6. The van der Waals surface area contributed by atoms with Gasteiger partial charge in [-0.15, -0.1) is 0 Å². The van der Waals surface area contributed by atoms with Crippen molar-refractivity contribution < 1.29 is 14.2 Å². The highest BCUT2D eigenvalue weighted by atomic mass is 127. The van der Waals surface area contributed by atoms with Gasteiger partial charge in [0.05, 0.1) is 12.2 Å². The van der Waals surface area contributed by atoms with Gasteiger partial charge >= 0.3 is 0 Å². The van der Waals surface area contributed by atoms with Gasteiger partial charge in [-0.2, -0.15) is 0 Å². The first kappa shape index (κ1) is 11.3. The lowest BCUT2D eigenvalue weighted by Crippen LogP contribution is -2.24. The Balaban J connectivity index is 2.24. The second kappa shape index (κ2) is 4.76. The molecule has 2 unspecified atom stereocenters. The molecule has 1 fully saturated rings. The van der Waals surface area contributed by atoms with Gasteiger partial charge in [0.2, 0.25) is 0 Å². The second-order valence-electron chi connectivity index (χ2n) is 3.70. The second-order valence-corrected chi connectivity index (χ2v) is 4.95. The van der Waals surface area contributed by atoms with E-state index in [2.05, 4.69) is 22.6 Å². The lowest BCUT2D eigenvalue weighted by Gasteiger charge is -2.27. The third-order valence-corrected chi connectivity index (χ3v) is 3.23. The van der Waals surface area contributed by atoms with E-state index in [4.69, 9.17) is 4.74 Å². The Kier molecular flexibility index (Phi) is 3.58. The van der Waals surface area contributed by atoms with Crippen molar-refractivity contribution in [3.05, 3.63) is 33.1 Å². The fraction of sp³-hybridized carbons (Fsp3) is 0.455. The monoisotopic (exact) mass is 322 g/mol. The predicted octanol–water partition coefficient (Wildman–Crippen LogP) is 2.64. The summed E-state index contributed by atoms with van der Waals surface area (Å²) in [5.74, 6) is -0.255. The molecule has 2 nitrogen and oxygen atoms in total. The number of hydrogen-bond acceptors (Lipinski definition) is 2. The Morgan fingerprint density at radius 1 is 1.47 bits per heavy atom. The summed E-state index contributed by atoms with van der Waals surface area (Å²) in [5, 5.41) is 9.50. The van der Waals surface area contributed by atoms with Gasteiger partial charge in [0.15, 0.2) is 0 Å². The van der Waals surface area contributed by atoms with E-state index in [9.17, 15) is 9.50 Å². The first-order valence-corrected chi connectivity index (χ1v) is 5.99. The molecule has 2 atom stereocenters. The fourth-order valence-corrected chi connectivity index (χ4v) is 2.27. The Bertz CT molecular complexity index is 356. The molecule has 1 aromatic carbocycles. The predicted molar refractivity (Wildman–Crippen MR) is 63.1 cm³/mol. The van der Waals surface area contributed by atoms with Crippen molar-refractivity contribution in [1.29, 1.82) is 0 Å². The lowest BCUT2D eigenvalue weighted by molar-refractivity contribution is -0.0461. The van der Waals surface area contributed by atoms with Crippen molar-refractivity contribution in [2.24, 2.45) is 0 Å². The molecule has 0 aromatic heterocycles. The number of aliphatic hydroxyl groups excluding tert-OH is 1. The van der Waals surface area contributed by atoms with Crippen LogP contribution in [0.15, 0.2) is 18.2 Å². The van der Waals surface area contributed by atoms with Crippen LogP contribution in [0.1, 0.15) is 24.5 Å². The molecule has 15 heavy (non-hydrogen) atoms. The summed E-state index contributed by atoms with van der Waals surface area (Å²) in [6.45, 7) is 0.497. The zero-order valence-electron chi connectivity index (χ0n) is 8.12. The highest BCUT2D eigenvalue weighted by molar-refractivity contribution is 14.1. The Morgan fingerprint density at radius 3 is 3.00 bits per heavy atom. The lowest BCUT2D eigenvalue weighted by atomic mass is 9.99. The maximum absolute atomic E-state index is 13.5. The van der Waals surface area contributed by atoms with Crippen LogP contribution in [0.4, 0.5) is 4.39 Å². The van der Waals surface area contributed by atoms with E-state index in [1.165, 1.54) is 6.07 Å². The maximum atomic E-state index is 13.5. The number of halogens is 2. The minimum Gasteiger partial charge on any atom is -0.393 e. The number of ether oxygens (including phenoxy) is 1. The molecule has 1 heterocycles. The van der Waals surface area contributed by atoms with Gasteiger partial charge < -0.3 is 9.84 Å². The smallest absolute Gasteiger partial charge is 0.129 e. The molecule has 0 spiro atoms. The van der Waals surface area contributed by atoms with E-state index in [1.54, 1.807) is 12.1 Å². The van der Waals surface area contributed by atoms with Crippen LogP contribution in [-0.4, -0.2) is 17.8 Å². The summed E-state index contributed by atoms with van der Waals surface area (Å²) in [5.41, 5.74) is 0.556. The van der Waals surface area contributed by atoms with E-state index < -0.39 is 0 Å². The summed E-state index contributed by atoms with van der Waals surface area (Å²) in [6.07, 6.45) is 0.448. The van der Waals surface area contributed by atoms with E-state index in [1.807, 2.05) is 0 Å². The van der Waals surface area contributed by atoms with Crippen molar-refractivity contribution in [2.45, 2.75) is 25.0 Å². The van der Waals surface area contributed by atoms with Crippen LogP contribution in [0.5, 0.6) is 0 Å². The van der Waals surface area contributed by atoms with Crippen LogP contribution in [0.25, 0.3) is 0 Å². The first-order chi connectivity index (χ1) is 7.16. The van der Waals surface area contributed by atoms with Crippen LogP contribution in [0, 0.1) is 9.39 Å². The summed E-state index contributed by atoms with van der Waals surface area (Å²) in [6, 6.07) is 4.94. The number of benzene rings is 1. The largest absolute Gasteiger partial charge is 0.393 e. The molecule has 82 valence electrons. The molecule has 0 saturated carbocycles. The summed E-state index contributed by atoms with van der Waals surface area (Å²) in [4.78, 5) is 0. The molecule has 4 heteroatoms. The summed E-state index contributed by atoms with van der Waals surface area (Å²) in [7, 11) is 0. The Labute approximate surface area is 102 Å². The van der Waals surface area contributed by atoms with Gasteiger partial charge in [-0.3, -0.25) is 0 Å². The number of rotatable bonds is 1. The third-order valence-electron chi connectivity index (χ3n) is 2.56. The zero-order chi connectivity index (χ0) is 10.8. The van der Waals surface area contributed by atoms with Gasteiger partial charge in [-0.05, 0) is 47.2 Å². The van der Waals surface area contributed by atoms with Crippen LogP contribution in [0.3, 0.4) is 0 Å². The van der Waals surface area contributed by atoms with Crippen LogP contribution < -0.4 is 0 Å². The van der Waals surface area contributed by atoms with E-state index in [0.29, 0.717) is 25.0 Å². The molecule has 1 saturated heterocycles. The topological polar surface area (TPSA) is 29.5 Å². The molecule has 1 N–H and O–H groups in total. The maximum Gasteiger partial charge on any atom is 0.129 e. The van der Waals surface area contributed by atoms with Gasteiger partial charge in [-0.25, -0.2) is 4.39 Å². The highest BCUT2D eigenvalue weighted by Gasteiger charge is 2.24. The van der Waals surface area contributed by atoms with Crippen LogP contribution in [0.2, 0.25) is 0 Å². The standard InChI is InChI=1S/C11H12FIO2/c12-10-2-1-7(13)5-9(10)11-6-8(14)3-4-15-11/h1-2,5,8,11,14H,3-4,6H2. The SMILES string of the molecule is OC1CCOC(c2cc(I)ccc2F)C1. The zero-order valence-corrected chi connectivity index (χ0v) is 10.3. The molecular formula is C11H12FIO2. The Morgan fingerprint density at radius 2 is 2.27 bits per heavy atom. The van der Waals surface area contributed by atoms with Crippen molar-refractivity contribution >= 4 is 22.6 Å². The summed E-state index contributed by atoms with van der Waals surface area (Å²) >= 11 is 2.14. The van der Waals surface area contributed by atoms with Gasteiger partial charge in [0.25, 0.3) is 0 Å². The van der Waals surface area contributed by atoms with E-state index >= 15 is 0 Å². The first-order valence-electron chi connectivity index (χ1n) is 4.91. The molecule has 1 aliphatic heterocycles. The molecular weight excluding hydrogens is 310 g/mol.